The van der Waals surface area contributed by atoms with Gasteiger partial charge in [-0.15, -0.1) is 0 Å². The van der Waals surface area contributed by atoms with Crippen LogP contribution >= 0.6 is 0 Å². The molecule has 0 N–H and O–H groups in total. The zero-order valence-corrected chi connectivity index (χ0v) is 18.2. The van der Waals surface area contributed by atoms with Crippen LogP contribution < -0.4 is 14.2 Å². The van der Waals surface area contributed by atoms with Crippen LogP contribution in [0.3, 0.4) is 0 Å². The molecule has 0 amide bonds. The van der Waals surface area contributed by atoms with Crippen LogP contribution in [-0.2, 0) is 4.74 Å². The number of ether oxygens (including phenoxy) is 4. The van der Waals surface area contributed by atoms with Crippen molar-refractivity contribution in [1.82, 2.24) is 4.90 Å². The van der Waals surface area contributed by atoms with Gasteiger partial charge in [0, 0.05) is 19.2 Å². The smallest absolute Gasteiger partial charge is 0.231 e. The third kappa shape index (κ3) is 5.06. The zero-order valence-electron chi connectivity index (χ0n) is 18.2. The van der Waals surface area contributed by atoms with Crippen LogP contribution in [0.4, 0.5) is 0 Å². The van der Waals surface area contributed by atoms with Crippen LogP contribution in [0.1, 0.15) is 30.1 Å². The minimum absolute atomic E-state index is 0.0489. The first-order valence-electron chi connectivity index (χ1n) is 11.4. The van der Waals surface area contributed by atoms with Crippen molar-refractivity contribution >= 4 is 0 Å². The van der Waals surface area contributed by atoms with Gasteiger partial charge < -0.3 is 18.9 Å². The fourth-order valence-electron chi connectivity index (χ4n) is 4.38. The Bertz CT molecular complexity index is 956. The molecule has 0 aromatic heterocycles. The molecule has 5 rings (SSSR count). The molecule has 0 spiro atoms. The maximum atomic E-state index is 6.70. The highest BCUT2D eigenvalue weighted by molar-refractivity contribution is 5.46. The molecular weight excluding hydrogens is 402 g/mol. The Morgan fingerprint density at radius 2 is 1.59 bits per heavy atom. The minimum Gasteiger partial charge on any atom is -0.492 e. The van der Waals surface area contributed by atoms with E-state index in [1.54, 1.807) is 0 Å². The van der Waals surface area contributed by atoms with Crippen molar-refractivity contribution in [2.24, 2.45) is 0 Å². The van der Waals surface area contributed by atoms with Gasteiger partial charge in [0.2, 0.25) is 6.79 Å². The molecule has 2 aliphatic rings. The quantitative estimate of drug-likeness (QED) is 0.498. The molecule has 1 atom stereocenters. The van der Waals surface area contributed by atoms with Gasteiger partial charge in [-0.1, -0.05) is 60.7 Å². The van der Waals surface area contributed by atoms with E-state index in [4.69, 9.17) is 18.9 Å². The summed E-state index contributed by atoms with van der Waals surface area (Å²) in [7, 11) is 0. The molecule has 5 nitrogen and oxygen atoms in total. The summed E-state index contributed by atoms with van der Waals surface area (Å²) in [6.45, 7) is 3.77. The van der Waals surface area contributed by atoms with Gasteiger partial charge in [-0.2, -0.15) is 0 Å². The lowest BCUT2D eigenvalue weighted by molar-refractivity contribution is -0.0349. The number of nitrogens with zero attached hydrogens (tertiary/aromatic N) is 1. The Morgan fingerprint density at radius 3 is 2.34 bits per heavy atom. The number of fused-ring (bicyclic) bond motifs is 1. The molecule has 0 aliphatic carbocycles. The van der Waals surface area contributed by atoms with Gasteiger partial charge in [0.15, 0.2) is 11.5 Å². The molecule has 2 heterocycles. The largest absolute Gasteiger partial charge is 0.492 e. The average Bonchev–Trinajstić information content (AvgIpc) is 3.32. The van der Waals surface area contributed by atoms with Gasteiger partial charge in [-0.05, 0) is 42.6 Å². The molecule has 32 heavy (non-hydrogen) atoms. The second-order valence-corrected chi connectivity index (χ2v) is 8.27. The van der Waals surface area contributed by atoms with Crippen LogP contribution in [0.25, 0.3) is 0 Å². The maximum Gasteiger partial charge on any atom is 0.231 e. The number of likely N-dealkylation sites (tertiary alicyclic amines) is 1. The summed E-state index contributed by atoms with van der Waals surface area (Å²) in [6.07, 6.45) is 2.35. The molecule has 1 fully saturated rings. The van der Waals surface area contributed by atoms with E-state index < -0.39 is 0 Å². The van der Waals surface area contributed by atoms with Crippen LogP contribution in [0.5, 0.6) is 17.2 Å². The molecule has 166 valence electrons. The van der Waals surface area contributed by atoms with Crippen molar-refractivity contribution in [2.45, 2.75) is 25.0 Å². The van der Waals surface area contributed by atoms with E-state index in [1.165, 1.54) is 11.1 Å². The number of hydrogen-bond acceptors (Lipinski definition) is 5. The van der Waals surface area contributed by atoms with Gasteiger partial charge in [-0.3, -0.25) is 4.90 Å². The first-order valence-corrected chi connectivity index (χ1v) is 11.4. The molecule has 0 saturated carbocycles. The van der Waals surface area contributed by atoms with Gasteiger partial charge in [0.1, 0.15) is 18.5 Å². The van der Waals surface area contributed by atoms with E-state index in [0.29, 0.717) is 6.61 Å². The number of rotatable bonds is 8. The molecule has 2 aliphatic heterocycles. The Kier molecular flexibility index (Phi) is 6.56. The first-order chi connectivity index (χ1) is 15.8. The summed E-state index contributed by atoms with van der Waals surface area (Å²) in [6, 6.07) is 26.7. The topological polar surface area (TPSA) is 40.2 Å². The molecule has 1 saturated heterocycles. The highest BCUT2D eigenvalue weighted by Gasteiger charge is 2.25. The summed E-state index contributed by atoms with van der Waals surface area (Å²) in [5.41, 5.74) is 2.39. The summed E-state index contributed by atoms with van der Waals surface area (Å²) < 4.78 is 23.5. The van der Waals surface area contributed by atoms with Gasteiger partial charge >= 0.3 is 0 Å². The molecule has 1 unspecified atom stereocenters. The molecule has 5 heteroatoms. The summed E-state index contributed by atoms with van der Waals surface area (Å²) >= 11 is 0. The van der Waals surface area contributed by atoms with Crippen molar-refractivity contribution in [3.05, 3.63) is 90.0 Å². The highest BCUT2D eigenvalue weighted by Crippen LogP contribution is 2.35. The Morgan fingerprint density at radius 1 is 0.875 bits per heavy atom. The van der Waals surface area contributed by atoms with Crippen molar-refractivity contribution in [3.63, 3.8) is 0 Å². The summed E-state index contributed by atoms with van der Waals surface area (Å²) in [4.78, 5) is 2.44. The predicted molar refractivity (Wildman–Crippen MR) is 123 cm³/mol. The van der Waals surface area contributed by atoms with Gasteiger partial charge in [0.25, 0.3) is 0 Å². The molecule has 0 bridgehead atoms. The van der Waals surface area contributed by atoms with Crippen molar-refractivity contribution in [1.29, 1.82) is 0 Å². The van der Waals surface area contributed by atoms with Gasteiger partial charge in [-0.25, -0.2) is 0 Å². The zero-order chi connectivity index (χ0) is 21.6. The van der Waals surface area contributed by atoms with E-state index in [9.17, 15) is 0 Å². The van der Waals surface area contributed by atoms with Crippen LogP contribution in [0.15, 0.2) is 78.9 Å². The van der Waals surface area contributed by atoms with Crippen LogP contribution in [0.2, 0.25) is 0 Å². The molecule has 3 aromatic carbocycles. The lowest BCUT2D eigenvalue weighted by Gasteiger charge is -2.35. The standard InChI is InChI=1S/C27H29NO4/c1-3-8-21(9-4-1)27(22-10-5-2-6-11-22)32-24-12-7-15-28(19-24)16-17-29-23-13-14-25-26(18-23)31-20-30-25/h1-6,8-11,13-14,18,24,27H,7,12,15-17,19-20H2. The lowest BCUT2D eigenvalue weighted by Crippen LogP contribution is -2.42. The van der Waals surface area contributed by atoms with E-state index >= 15 is 0 Å². The lowest BCUT2D eigenvalue weighted by atomic mass is 10.0. The maximum absolute atomic E-state index is 6.70. The molecular formula is C27H29NO4. The third-order valence-corrected chi connectivity index (χ3v) is 6.02. The second-order valence-electron chi connectivity index (χ2n) is 8.27. The summed E-state index contributed by atoms with van der Waals surface area (Å²) in [5, 5.41) is 0. The van der Waals surface area contributed by atoms with E-state index in [-0.39, 0.29) is 19.0 Å². The molecule has 3 aromatic rings. The first kappa shape index (κ1) is 20.9. The van der Waals surface area contributed by atoms with Crippen molar-refractivity contribution in [2.75, 3.05) is 33.0 Å². The van der Waals surface area contributed by atoms with Crippen LogP contribution in [-0.4, -0.2) is 44.0 Å². The number of hydrogen-bond donors (Lipinski definition) is 0. The van der Waals surface area contributed by atoms with Crippen LogP contribution in [0, 0.1) is 0 Å². The highest BCUT2D eigenvalue weighted by atomic mass is 16.7. The monoisotopic (exact) mass is 431 g/mol. The van der Waals surface area contributed by atoms with Crippen molar-refractivity contribution < 1.29 is 18.9 Å². The molecule has 0 radical (unpaired) electrons. The second kappa shape index (κ2) is 10.1. The number of piperidine rings is 1. The van der Waals surface area contributed by atoms with E-state index in [1.807, 2.05) is 30.3 Å². The van der Waals surface area contributed by atoms with Crippen molar-refractivity contribution in [3.8, 4) is 17.2 Å². The Hall–Kier alpha value is -3.02. The number of benzene rings is 3. The average molecular weight is 432 g/mol. The predicted octanol–water partition coefficient (Wildman–Crippen LogP) is 5.06. The Labute approximate surface area is 189 Å². The Balaban J connectivity index is 1.18. The normalized spacial score (nSPS) is 18.1. The SMILES string of the molecule is c1ccc(C(OC2CCCN(CCOc3ccc4c(c3)OCO4)C2)c2ccccc2)cc1. The summed E-state index contributed by atoms with van der Waals surface area (Å²) in [5.74, 6) is 2.34. The van der Waals surface area contributed by atoms with E-state index in [2.05, 4.69) is 53.4 Å². The fourth-order valence-corrected chi connectivity index (χ4v) is 4.38. The minimum atomic E-state index is -0.0489. The fraction of sp³-hybridized carbons (Fsp3) is 0.333. The van der Waals surface area contributed by atoms with Gasteiger partial charge in [0.05, 0.1) is 6.10 Å². The third-order valence-electron chi connectivity index (χ3n) is 6.02. The van der Waals surface area contributed by atoms with E-state index in [0.717, 1.165) is 49.7 Å².